The Hall–Kier alpha value is -1.78. The number of aromatic nitrogens is 2. The topological polar surface area (TPSA) is 16.8 Å². The zero-order valence-electron chi connectivity index (χ0n) is 13.3. The third-order valence-corrected chi connectivity index (χ3v) is 5.70. The highest BCUT2D eigenvalue weighted by molar-refractivity contribution is 7.17. The number of hydrogen-bond acceptors (Lipinski definition) is 2. The maximum absolute atomic E-state index is 4.91. The summed E-state index contributed by atoms with van der Waals surface area (Å²) >= 11 is 1.78. The lowest BCUT2D eigenvalue weighted by molar-refractivity contribution is -0.723. The average Bonchev–Trinajstić information content (AvgIpc) is 2.91. The molecule has 2 nitrogen and oxygen atoms in total. The Morgan fingerprint density at radius 3 is 1.95 bits per heavy atom. The van der Waals surface area contributed by atoms with Crippen molar-refractivity contribution in [2.24, 2.45) is 0 Å². The third-order valence-electron chi connectivity index (χ3n) is 3.30. The minimum absolute atomic E-state index is 1.04. The molecule has 0 amide bonds. The predicted molar refractivity (Wildman–Crippen MR) is 96.5 cm³/mol. The molecular weight excluding hydrogens is 304 g/mol. The Labute approximate surface area is 137 Å². The van der Waals surface area contributed by atoms with Crippen LogP contribution in [-0.2, 0) is 6.17 Å². The van der Waals surface area contributed by atoms with Gasteiger partial charge in [-0.2, -0.15) is 0 Å². The van der Waals surface area contributed by atoms with Gasteiger partial charge in [0.05, 0.1) is 5.56 Å². The third kappa shape index (κ3) is 3.51. The van der Waals surface area contributed by atoms with Crippen LogP contribution >= 0.6 is 11.3 Å². The second kappa shape index (κ2) is 6.14. The van der Waals surface area contributed by atoms with Gasteiger partial charge in [0.2, 0.25) is 0 Å². The lowest BCUT2D eigenvalue weighted by Gasteiger charge is -2.08. The number of benzene rings is 2. The minimum Gasteiger partial charge on any atom is -0.0763 e. The summed E-state index contributed by atoms with van der Waals surface area (Å²) in [6.07, 6.45) is 1.04. The van der Waals surface area contributed by atoms with Gasteiger partial charge in [-0.15, -0.1) is 0 Å². The van der Waals surface area contributed by atoms with Crippen LogP contribution in [0.4, 0.5) is 0 Å². The molecule has 22 heavy (non-hydrogen) atoms. The van der Waals surface area contributed by atoms with Crippen LogP contribution in [0.5, 0.6) is 0 Å². The molecule has 0 spiro atoms. The first kappa shape index (κ1) is 15.1. The molecule has 0 saturated heterocycles. The lowest BCUT2D eigenvalue weighted by atomic mass is 10.2. The molecule has 0 aliphatic heterocycles. The van der Waals surface area contributed by atoms with Gasteiger partial charge in [0, 0.05) is 10.7 Å². The van der Waals surface area contributed by atoms with Crippen molar-refractivity contribution in [3.8, 4) is 21.1 Å². The maximum Gasteiger partial charge on any atom is 0.296 e. The Bertz CT molecular complexity index is 746. The highest BCUT2D eigenvalue weighted by atomic mass is 32.1. The zero-order chi connectivity index (χ0) is 15.6. The molecular formula is C18H21N2SSi+. The molecule has 0 radical (unpaired) electrons. The summed E-state index contributed by atoms with van der Waals surface area (Å²) in [5, 5.41) is 7.26. The molecule has 3 aromatic rings. The smallest absolute Gasteiger partial charge is 0.0763 e. The van der Waals surface area contributed by atoms with Crippen LogP contribution in [0.1, 0.15) is 0 Å². The second-order valence-corrected chi connectivity index (χ2v) is 13.1. The molecule has 3 rings (SSSR count). The van der Waals surface area contributed by atoms with Gasteiger partial charge in [-0.25, -0.2) is 0 Å². The van der Waals surface area contributed by atoms with E-state index in [1.165, 1.54) is 16.1 Å². The maximum atomic E-state index is 4.91. The van der Waals surface area contributed by atoms with Crippen LogP contribution in [0.25, 0.3) is 21.1 Å². The van der Waals surface area contributed by atoms with E-state index < -0.39 is 8.07 Å². The van der Waals surface area contributed by atoms with Gasteiger partial charge in [0.25, 0.3) is 5.01 Å². The van der Waals surface area contributed by atoms with Gasteiger partial charge in [-0.3, -0.25) is 0 Å². The summed E-state index contributed by atoms with van der Waals surface area (Å²) in [5.74, 6) is 0. The van der Waals surface area contributed by atoms with Gasteiger partial charge in [0.15, 0.2) is 11.2 Å². The van der Waals surface area contributed by atoms with Gasteiger partial charge in [0.1, 0.15) is 8.07 Å². The monoisotopic (exact) mass is 325 g/mol. The standard InChI is InChI=1S/C18H21N2SSi/c1-22(2,3)14-20-18(16-12-8-5-9-13-16)21-17(19-20)15-10-6-4-7-11-15/h4-13H,14H2,1-3H3/q+1. The zero-order valence-corrected chi connectivity index (χ0v) is 15.1. The summed E-state index contributed by atoms with van der Waals surface area (Å²) in [6.45, 7) is 7.16. The molecule has 112 valence electrons. The minimum atomic E-state index is -1.24. The predicted octanol–water partition coefficient (Wildman–Crippen LogP) is 4.64. The van der Waals surface area contributed by atoms with Gasteiger partial charge >= 0.3 is 0 Å². The molecule has 0 saturated carbocycles. The highest BCUT2D eigenvalue weighted by Crippen LogP contribution is 2.29. The first-order chi connectivity index (χ1) is 10.5. The van der Waals surface area contributed by atoms with Crippen LogP contribution in [-0.4, -0.2) is 13.2 Å². The highest BCUT2D eigenvalue weighted by Gasteiger charge is 2.28. The van der Waals surface area contributed by atoms with Crippen molar-refractivity contribution >= 4 is 19.4 Å². The number of rotatable bonds is 4. The van der Waals surface area contributed by atoms with E-state index in [2.05, 4.69) is 78.9 Å². The molecule has 0 atom stereocenters. The van der Waals surface area contributed by atoms with Crippen molar-refractivity contribution < 1.29 is 4.68 Å². The molecule has 2 aromatic carbocycles. The van der Waals surface area contributed by atoms with Crippen molar-refractivity contribution in [2.75, 3.05) is 0 Å². The van der Waals surface area contributed by atoms with Gasteiger partial charge in [-0.05, 0) is 23.5 Å². The van der Waals surface area contributed by atoms with Crippen LogP contribution in [0, 0.1) is 0 Å². The number of nitrogens with zero attached hydrogens (tertiary/aromatic N) is 2. The Morgan fingerprint density at radius 1 is 0.864 bits per heavy atom. The van der Waals surface area contributed by atoms with E-state index in [1.807, 2.05) is 6.07 Å². The van der Waals surface area contributed by atoms with E-state index in [9.17, 15) is 0 Å². The second-order valence-electron chi connectivity index (χ2n) is 6.66. The summed E-state index contributed by atoms with van der Waals surface area (Å²) in [7, 11) is -1.24. The van der Waals surface area contributed by atoms with Crippen LogP contribution in [0.2, 0.25) is 19.6 Å². The van der Waals surface area contributed by atoms with Crippen molar-refractivity contribution in [1.82, 2.24) is 5.10 Å². The molecule has 0 bridgehead atoms. The summed E-state index contributed by atoms with van der Waals surface area (Å²) in [6, 6.07) is 21.0. The summed E-state index contributed by atoms with van der Waals surface area (Å²) in [5.41, 5.74) is 2.44. The fraction of sp³-hybridized carbons (Fsp3) is 0.222. The van der Waals surface area contributed by atoms with E-state index in [4.69, 9.17) is 5.10 Å². The molecule has 0 aliphatic rings. The first-order valence-corrected chi connectivity index (χ1v) is 12.1. The van der Waals surface area contributed by atoms with Crippen LogP contribution < -0.4 is 4.68 Å². The Kier molecular flexibility index (Phi) is 4.22. The summed E-state index contributed by atoms with van der Waals surface area (Å²) < 4.78 is 2.22. The van der Waals surface area contributed by atoms with Gasteiger partial charge < -0.3 is 0 Å². The fourth-order valence-corrected chi connectivity index (χ4v) is 4.65. The molecule has 0 N–H and O–H groups in total. The number of hydrogen-bond donors (Lipinski definition) is 0. The van der Waals surface area contributed by atoms with E-state index in [1.54, 1.807) is 11.3 Å². The molecule has 0 fully saturated rings. The van der Waals surface area contributed by atoms with Crippen LogP contribution in [0.15, 0.2) is 60.7 Å². The molecule has 1 heterocycles. The summed E-state index contributed by atoms with van der Waals surface area (Å²) in [4.78, 5) is 0. The SMILES string of the molecule is C[Si](C)(C)C[n+]1nc(-c2ccccc2)sc1-c1ccccc1. The van der Waals surface area contributed by atoms with Crippen molar-refractivity contribution in [3.63, 3.8) is 0 Å². The molecule has 1 aromatic heterocycles. The molecule has 0 unspecified atom stereocenters. The van der Waals surface area contributed by atoms with E-state index in [-0.39, 0.29) is 0 Å². The van der Waals surface area contributed by atoms with Crippen molar-refractivity contribution in [1.29, 1.82) is 0 Å². The lowest BCUT2D eigenvalue weighted by Crippen LogP contribution is -2.48. The fourth-order valence-electron chi connectivity index (χ4n) is 2.36. The molecule has 4 heteroatoms. The quantitative estimate of drug-likeness (QED) is 0.504. The Balaban J connectivity index is 2.09. The Morgan fingerprint density at radius 2 is 1.41 bits per heavy atom. The average molecular weight is 326 g/mol. The van der Waals surface area contributed by atoms with E-state index in [0.29, 0.717) is 0 Å². The van der Waals surface area contributed by atoms with E-state index in [0.717, 1.165) is 11.2 Å². The normalized spacial score (nSPS) is 11.6. The largest absolute Gasteiger partial charge is 0.296 e. The molecule has 0 aliphatic carbocycles. The van der Waals surface area contributed by atoms with E-state index >= 15 is 0 Å². The van der Waals surface area contributed by atoms with Crippen molar-refractivity contribution in [2.45, 2.75) is 25.8 Å². The van der Waals surface area contributed by atoms with Crippen molar-refractivity contribution in [3.05, 3.63) is 60.7 Å². The van der Waals surface area contributed by atoms with Gasteiger partial charge in [-0.1, -0.05) is 72.9 Å². The van der Waals surface area contributed by atoms with Crippen LogP contribution in [0.3, 0.4) is 0 Å². The first-order valence-electron chi connectivity index (χ1n) is 7.55.